The Kier molecular flexibility index (Phi) is 8.03. The summed E-state index contributed by atoms with van der Waals surface area (Å²) in [7, 11) is 1.81. The number of aryl methyl sites for hydroxylation is 1. The summed E-state index contributed by atoms with van der Waals surface area (Å²) in [5, 5.41) is 10.1. The van der Waals surface area contributed by atoms with E-state index in [0.717, 1.165) is 55.8 Å². The molecule has 1 aromatic heterocycles. The maximum Gasteiger partial charge on any atom is 0.191 e. The fourth-order valence-electron chi connectivity index (χ4n) is 3.77. The lowest BCUT2D eigenvalue weighted by Gasteiger charge is -2.35. The number of nitrogens with one attached hydrogen (secondary N) is 2. The van der Waals surface area contributed by atoms with E-state index < -0.39 is 0 Å². The van der Waals surface area contributed by atoms with Crippen molar-refractivity contribution >= 4 is 17.3 Å². The van der Waals surface area contributed by atoms with Gasteiger partial charge in [-0.25, -0.2) is 4.98 Å². The second kappa shape index (κ2) is 10.7. The van der Waals surface area contributed by atoms with E-state index in [0.29, 0.717) is 0 Å². The fourth-order valence-corrected chi connectivity index (χ4v) is 4.42. The van der Waals surface area contributed by atoms with Gasteiger partial charge in [0, 0.05) is 51.6 Å². The molecule has 2 aromatic rings. The Hall–Kier alpha value is -1.96. The van der Waals surface area contributed by atoms with Gasteiger partial charge in [-0.05, 0) is 31.9 Å². The third kappa shape index (κ3) is 6.80. The third-order valence-electron chi connectivity index (χ3n) is 5.02. The van der Waals surface area contributed by atoms with Gasteiger partial charge in [0.15, 0.2) is 5.96 Å². The zero-order valence-corrected chi connectivity index (χ0v) is 18.8. The van der Waals surface area contributed by atoms with Gasteiger partial charge < -0.3 is 15.4 Å². The van der Waals surface area contributed by atoms with Crippen molar-refractivity contribution in [3.8, 4) is 0 Å². The minimum absolute atomic E-state index is 0.286. The molecule has 1 saturated heterocycles. The highest BCUT2D eigenvalue weighted by Gasteiger charge is 2.22. The van der Waals surface area contributed by atoms with E-state index in [9.17, 15) is 0 Å². The van der Waals surface area contributed by atoms with E-state index in [-0.39, 0.29) is 12.2 Å². The summed E-state index contributed by atoms with van der Waals surface area (Å²) in [4.78, 5) is 11.4. The minimum atomic E-state index is 0.286. The number of hydrogen-bond acceptors (Lipinski definition) is 5. The van der Waals surface area contributed by atoms with Crippen LogP contribution in [-0.2, 0) is 24.2 Å². The van der Waals surface area contributed by atoms with Gasteiger partial charge in [0.2, 0.25) is 0 Å². The molecule has 1 aromatic carbocycles. The first-order valence-electron chi connectivity index (χ1n) is 10.3. The molecule has 6 nitrogen and oxygen atoms in total. The predicted molar refractivity (Wildman–Crippen MR) is 120 cm³/mol. The monoisotopic (exact) mass is 415 g/mol. The van der Waals surface area contributed by atoms with E-state index in [1.54, 1.807) is 11.3 Å². The summed E-state index contributed by atoms with van der Waals surface area (Å²) in [6.07, 6.45) is 1.47. The van der Waals surface area contributed by atoms with Crippen LogP contribution in [0.4, 0.5) is 0 Å². The van der Waals surface area contributed by atoms with Crippen LogP contribution in [0, 0.1) is 6.92 Å². The maximum atomic E-state index is 5.87. The van der Waals surface area contributed by atoms with Crippen LogP contribution in [0.15, 0.2) is 34.6 Å². The van der Waals surface area contributed by atoms with Crippen LogP contribution in [0.25, 0.3) is 0 Å². The Morgan fingerprint density at radius 1 is 1.21 bits per heavy atom. The van der Waals surface area contributed by atoms with E-state index in [1.807, 2.05) is 14.0 Å². The predicted octanol–water partition coefficient (Wildman–Crippen LogP) is 2.97. The van der Waals surface area contributed by atoms with Crippen LogP contribution in [-0.4, -0.2) is 54.7 Å². The summed E-state index contributed by atoms with van der Waals surface area (Å²) in [5.41, 5.74) is 3.79. The first-order chi connectivity index (χ1) is 14.0. The van der Waals surface area contributed by atoms with E-state index in [2.05, 4.69) is 69.0 Å². The van der Waals surface area contributed by atoms with E-state index in [4.69, 9.17) is 4.74 Å². The number of thiazole rings is 1. The van der Waals surface area contributed by atoms with Crippen LogP contribution in [0.3, 0.4) is 0 Å². The maximum absolute atomic E-state index is 5.87. The lowest BCUT2D eigenvalue weighted by atomic mass is 10.1. The van der Waals surface area contributed by atoms with Gasteiger partial charge in [-0.3, -0.25) is 9.89 Å². The summed E-state index contributed by atoms with van der Waals surface area (Å²) >= 11 is 1.70. The Balaban J connectivity index is 1.51. The Labute approximate surface area is 178 Å². The molecule has 1 fully saturated rings. The number of aromatic nitrogens is 1. The van der Waals surface area contributed by atoms with Crippen molar-refractivity contribution in [3.63, 3.8) is 0 Å². The summed E-state index contributed by atoms with van der Waals surface area (Å²) < 4.78 is 5.87. The average molecular weight is 416 g/mol. The van der Waals surface area contributed by atoms with Gasteiger partial charge in [-0.15, -0.1) is 11.3 Å². The molecule has 158 valence electrons. The Morgan fingerprint density at radius 2 is 1.93 bits per heavy atom. The van der Waals surface area contributed by atoms with Gasteiger partial charge >= 0.3 is 0 Å². The number of ether oxygens (including phenoxy) is 1. The van der Waals surface area contributed by atoms with Gasteiger partial charge in [0.05, 0.1) is 22.9 Å². The molecule has 0 bridgehead atoms. The highest BCUT2D eigenvalue weighted by Crippen LogP contribution is 2.17. The molecule has 2 heterocycles. The number of guanidine groups is 1. The molecule has 29 heavy (non-hydrogen) atoms. The second-order valence-electron chi connectivity index (χ2n) is 7.68. The van der Waals surface area contributed by atoms with Crippen molar-refractivity contribution < 1.29 is 4.74 Å². The normalized spacial score (nSPS) is 20.6. The first kappa shape index (κ1) is 21.7. The lowest BCUT2D eigenvalue weighted by Crippen LogP contribution is -2.45. The standard InChI is InChI=1S/C22H33N5OS/c1-16-12-27(13-17(2)28-16)14-20-8-6-5-7-19(20)11-25-22(23-4)24-10-9-21-15-29-18(3)26-21/h5-8,15-17H,9-14H2,1-4H3,(H2,23,24,25). The van der Waals surface area contributed by atoms with Crippen LogP contribution in [0.2, 0.25) is 0 Å². The molecule has 3 rings (SSSR count). The van der Waals surface area contributed by atoms with Crippen molar-refractivity contribution in [3.05, 3.63) is 51.5 Å². The summed E-state index contributed by atoms with van der Waals surface area (Å²) in [6.45, 7) is 10.8. The van der Waals surface area contributed by atoms with Gasteiger partial charge in [-0.1, -0.05) is 24.3 Å². The molecule has 2 N–H and O–H groups in total. The van der Waals surface area contributed by atoms with Crippen LogP contribution >= 0.6 is 11.3 Å². The number of morpholine rings is 1. The van der Waals surface area contributed by atoms with Crippen molar-refractivity contribution in [1.29, 1.82) is 0 Å². The largest absolute Gasteiger partial charge is 0.373 e. The first-order valence-corrected chi connectivity index (χ1v) is 11.2. The topological polar surface area (TPSA) is 61.8 Å². The molecule has 1 aliphatic rings. The highest BCUT2D eigenvalue weighted by molar-refractivity contribution is 7.09. The summed E-state index contributed by atoms with van der Waals surface area (Å²) in [5.74, 6) is 0.820. The quantitative estimate of drug-likeness (QED) is 0.538. The van der Waals surface area contributed by atoms with Crippen LogP contribution in [0.5, 0.6) is 0 Å². The number of rotatable bonds is 7. The van der Waals surface area contributed by atoms with E-state index in [1.165, 1.54) is 11.1 Å². The lowest BCUT2D eigenvalue weighted by molar-refractivity contribution is -0.0705. The van der Waals surface area contributed by atoms with Crippen molar-refractivity contribution in [2.24, 2.45) is 4.99 Å². The fraction of sp³-hybridized carbons (Fsp3) is 0.545. The van der Waals surface area contributed by atoms with Gasteiger partial charge in [0.25, 0.3) is 0 Å². The van der Waals surface area contributed by atoms with Gasteiger partial charge in [-0.2, -0.15) is 0 Å². The molecule has 0 amide bonds. The molecule has 0 saturated carbocycles. The Morgan fingerprint density at radius 3 is 2.59 bits per heavy atom. The molecule has 0 radical (unpaired) electrons. The van der Waals surface area contributed by atoms with Crippen LogP contribution < -0.4 is 10.6 Å². The number of aliphatic imine (C=N–C) groups is 1. The smallest absolute Gasteiger partial charge is 0.191 e. The number of hydrogen-bond donors (Lipinski definition) is 2. The SMILES string of the molecule is CN=C(NCCc1csc(C)n1)NCc1ccccc1CN1CC(C)OC(C)C1. The number of nitrogens with zero attached hydrogens (tertiary/aromatic N) is 3. The molecule has 7 heteroatoms. The van der Waals surface area contributed by atoms with Crippen molar-refractivity contribution in [2.45, 2.75) is 52.5 Å². The molecule has 2 atom stereocenters. The van der Waals surface area contributed by atoms with Crippen LogP contribution in [0.1, 0.15) is 35.7 Å². The molecule has 0 spiro atoms. The zero-order chi connectivity index (χ0) is 20.6. The molecule has 2 unspecified atom stereocenters. The molecular weight excluding hydrogens is 382 g/mol. The molecular formula is C22H33N5OS. The Bertz CT molecular complexity index is 796. The zero-order valence-electron chi connectivity index (χ0n) is 17.9. The second-order valence-corrected chi connectivity index (χ2v) is 8.74. The third-order valence-corrected chi connectivity index (χ3v) is 5.84. The van der Waals surface area contributed by atoms with Crippen molar-refractivity contribution in [2.75, 3.05) is 26.7 Å². The molecule has 0 aliphatic carbocycles. The average Bonchev–Trinajstić information content (AvgIpc) is 3.10. The number of benzene rings is 1. The minimum Gasteiger partial charge on any atom is -0.373 e. The van der Waals surface area contributed by atoms with E-state index >= 15 is 0 Å². The summed E-state index contributed by atoms with van der Waals surface area (Å²) in [6, 6.07) is 8.64. The highest BCUT2D eigenvalue weighted by atomic mass is 32.1. The van der Waals surface area contributed by atoms with Crippen molar-refractivity contribution in [1.82, 2.24) is 20.5 Å². The van der Waals surface area contributed by atoms with Gasteiger partial charge in [0.1, 0.15) is 0 Å². The molecule has 1 aliphatic heterocycles.